The molecule has 0 aliphatic rings. The molecule has 2 N–H and O–H groups in total. The molecule has 1 aromatic carbocycles. The summed E-state index contributed by atoms with van der Waals surface area (Å²) in [4.78, 5) is 21.1. The van der Waals surface area contributed by atoms with Crippen LogP contribution in [-0.2, 0) is 9.53 Å². The molecular formula is C28H32FN5O4. The number of anilines is 3. The zero-order valence-corrected chi connectivity index (χ0v) is 22.3. The lowest BCUT2D eigenvalue weighted by molar-refractivity contribution is -0.155. The Balaban J connectivity index is 1.96. The Morgan fingerprint density at radius 1 is 1.05 bits per heavy atom. The SMILES string of the molecule is COc1cc(Nc2nc(N[C@H](c3ccccc3)[C@H](C)CC(=O)OC(C)(C)C)c(F)cc2C#N)cc(OC)n1. The molecule has 2 aromatic heterocycles. The molecule has 0 aliphatic carbocycles. The Morgan fingerprint density at radius 3 is 2.24 bits per heavy atom. The minimum atomic E-state index is -0.706. The van der Waals surface area contributed by atoms with E-state index in [1.54, 1.807) is 32.9 Å². The first-order chi connectivity index (χ1) is 18.0. The van der Waals surface area contributed by atoms with Crippen LogP contribution in [0.5, 0.6) is 11.8 Å². The third-order valence-electron chi connectivity index (χ3n) is 5.48. The highest BCUT2D eigenvalue weighted by atomic mass is 19.1. The molecule has 3 rings (SSSR count). The van der Waals surface area contributed by atoms with Crippen molar-refractivity contribution in [2.75, 3.05) is 24.9 Å². The molecule has 2 atom stereocenters. The van der Waals surface area contributed by atoms with Gasteiger partial charge in [0.15, 0.2) is 17.5 Å². The largest absolute Gasteiger partial charge is 0.481 e. The van der Waals surface area contributed by atoms with Crippen LogP contribution in [0.2, 0.25) is 0 Å². The van der Waals surface area contributed by atoms with E-state index >= 15 is 4.39 Å². The number of hydrogen-bond donors (Lipinski definition) is 2. The lowest BCUT2D eigenvalue weighted by Gasteiger charge is -2.27. The van der Waals surface area contributed by atoms with E-state index in [1.807, 2.05) is 43.3 Å². The van der Waals surface area contributed by atoms with E-state index in [0.29, 0.717) is 5.69 Å². The first-order valence-electron chi connectivity index (χ1n) is 12.0. The average Bonchev–Trinajstić information content (AvgIpc) is 2.87. The normalized spacial score (nSPS) is 12.6. The van der Waals surface area contributed by atoms with Crippen molar-refractivity contribution in [3.8, 4) is 17.8 Å². The number of nitrogens with zero attached hydrogens (tertiary/aromatic N) is 3. The molecule has 200 valence electrons. The van der Waals surface area contributed by atoms with Crippen molar-refractivity contribution in [1.82, 2.24) is 9.97 Å². The van der Waals surface area contributed by atoms with E-state index in [0.717, 1.165) is 11.6 Å². The average molecular weight is 522 g/mol. The highest BCUT2D eigenvalue weighted by Gasteiger charge is 2.26. The summed E-state index contributed by atoms with van der Waals surface area (Å²) >= 11 is 0. The van der Waals surface area contributed by atoms with Crippen LogP contribution in [0.25, 0.3) is 0 Å². The van der Waals surface area contributed by atoms with Crippen molar-refractivity contribution in [3.63, 3.8) is 0 Å². The monoisotopic (exact) mass is 521 g/mol. The van der Waals surface area contributed by atoms with E-state index in [1.165, 1.54) is 14.2 Å². The summed E-state index contributed by atoms with van der Waals surface area (Å²) in [5.74, 6) is -0.736. The molecule has 0 spiro atoms. The van der Waals surface area contributed by atoms with Crippen LogP contribution in [0.15, 0.2) is 48.5 Å². The van der Waals surface area contributed by atoms with Crippen molar-refractivity contribution in [2.24, 2.45) is 5.92 Å². The number of esters is 1. The van der Waals surface area contributed by atoms with E-state index in [2.05, 4.69) is 20.6 Å². The molecule has 10 heteroatoms. The lowest BCUT2D eigenvalue weighted by Crippen LogP contribution is -2.28. The molecule has 38 heavy (non-hydrogen) atoms. The van der Waals surface area contributed by atoms with E-state index in [4.69, 9.17) is 14.2 Å². The minimum Gasteiger partial charge on any atom is -0.481 e. The van der Waals surface area contributed by atoms with Crippen molar-refractivity contribution >= 4 is 23.3 Å². The van der Waals surface area contributed by atoms with Gasteiger partial charge in [0.2, 0.25) is 11.8 Å². The highest BCUT2D eigenvalue weighted by Crippen LogP contribution is 2.32. The summed E-state index contributed by atoms with van der Waals surface area (Å²) in [6, 6.07) is 15.2. The van der Waals surface area contributed by atoms with Gasteiger partial charge in [-0.15, -0.1) is 0 Å². The second-order valence-electron chi connectivity index (χ2n) is 9.69. The van der Waals surface area contributed by atoms with Gasteiger partial charge in [-0.2, -0.15) is 10.2 Å². The number of halogens is 1. The van der Waals surface area contributed by atoms with Gasteiger partial charge in [-0.05, 0) is 38.3 Å². The summed E-state index contributed by atoms with van der Waals surface area (Å²) < 4.78 is 31.1. The number of rotatable bonds is 10. The second-order valence-corrected chi connectivity index (χ2v) is 9.69. The third-order valence-corrected chi connectivity index (χ3v) is 5.48. The number of nitrogens with one attached hydrogen (secondary N) is 2. The van der Waals surface area contributed by atoms with Gasteiger partial charge in [-0.25, -0.2) is 9.37 Å². The number of methoxy groups -OCH3 is 2. The van der Waals surface area contributed by atoms with E-state index in [9.17, 15) is 10.1 Å². The number of pyridine rings is 2. The van der Waals surface area contributed by atoms with Gasteiger partial charge >= 0.3 is 5.97 Å². The first-order valence-corrected chi connectivity index (χ1v) is 12.0. The maximum Gasteiger partial charge on any atom is 0.306 e. The summed E-state index contributed by atoms with van der Waals surface area (Å²) in [7, 11) is 2.93. The smallest absolute Gasteiger partial charge is 0.306 e. The number of ether oxygens (including phenoxy) is 3. The quantitative estimate of drug-likeness (QED) is 0.321. The molecular weight excluding hydrogens is 489 g/mol. The Labute approximate surface area is 222 Å². The molecule has 0 saturated carbocycles. The Hall–Kier alpha value is -4.39. The minimum absolute atomic E-state index is 0.000797. The molecule has 3 aromatic rings. The summed E-state index contributed by atoms with van der Waals surface area (Å²) in [5.41, 5.74) is 0.702. The van der Waals surface area contributed by atoms with Crippen molar-refractivity contribution in [1.29, 1.82) is 5.26 Å². The lowest BCUT2D eigenvalue weighted by atomic mass is 9.91. The zero-order chi connectivity index (χ0) is 27.9. The first kappa shape index (κ1) is 28.2. The zero-order valence-electron chi connectivity index (χ0n) is 22.3. The molecule has 9 nitrogen and oxygen atoms in total. The van der Waals surface area contributed by atoms with Gasteiger partial charge in [-0.1, -0.05) is 37.3 Å². The summed E-state index contributed by atoms with van der Waals surface area (Å²) in [5, 5.41) is 15.8. The molecule has 0 radical (unpaired) electrons. The number of carbonyl (C=O) groups is 1. The third kappa shape index (κ3) is 7.56. The fraction of sp³-hybridized carbons (Fsp3) is 0.357. The predicted octanol–water partition coefficient (Wildman–Crippen LogP) is 5.77. The van der Waals surface area contributed by atoms with Gasteiger partial charge in [0.25, 0.3) is 0 Å². The highest BCUT2D eigenvalue weighted by molar-refractivity contribution is 5.70. The molecule has 0 amide bonds. The van der Waals surface area contributed by atoms with Crippen LogP contribution in [0.1, 0.15) is 51.3 Å². The summed E-state index contributed by atoms with van der Waals surface area (Å²) in [6.45, 7) is 7.30. The van der Waals surface area contributed by atoms with Crippen LogP contribution in [-0.4, -0.2) is 35.8 Å². The van der Waals surface area contributed by atoms with Crippen LogP contribution in [0.4, 0.5) is 21.7 Å². The molecule has 0 aliphatic heterocycles. The van der Waals surface area contributed by atoms with Gasteiger partial charge < -0.3 is 24.8 Å². The molecule has 0 fully saturated rings. The standard InChI is InChI=1S/C28H32FN5O4/c1-17(12-24(35)38-28(2,3)4)25(18-10-8-7-9-11-18)33-27-21(29)13-19(16-30)26(34-27)31-20-14-22(36-5)32-23(15-20)37-6/h7-11,13-15,17,25H,12H2,1-6H3,(H2,31,32,33,34)/t17-,25+/m1/s1. The van der Waals surface area contributed by atoms with Gasteiger partial charge in [-0.3, -0.25) is 4.79 Å². The fourth-order valence-electron chi connectivity index (χ4n) is 3.80. The number of carbonyl (C=O) groups excluding carboxylic acids is 1. The van der Waals surface area contributed by atoms with E-state index in [-0.39, 0.29) is 47.3 Å². The topological polar surface area (TPSA) is 118 Å². The van der Waals surface area contributed by atoms with Crippen molar-refractivity contribution in [3.05, 3.63) is 65.5 Å². The van der Waals surface area contributed by atoms with Gasteiger partial charge in [0.05, 0.1) is 37.9 Å². The van der Waals surface area contributed by atoms with Crippen LogP contribution in [0.3, 0.4) is 0 Å². The Morgan fingerprint density at radius 2 is 1.68 bits per heavy atom. The van der Waals surface area contributed by atoms with Crippen LogP contribution < -0.4 is 20.1 Å². The fourth-order valence-corrected chi connectivity index (χ4v) is 3.80. The van der Waals surface area contributed by atoms with E-state index < -0.39 is 17.5 Å². The second kappa shape index (κ2) is 12.2. The molecule has 2 heterocycles. The maximum atomic E-state index is 15.2. The van der Waals surface area contributed by atoms with Crippen LogP contribution in [0, 0.1) is 23.1 Å². The van der Waals surface area contributed by atoms with Gasteiger partial charge in [0, 0.05) is 12.1 Å². The van der Waals surface area contributed by atoms with Crippen molar-refractivity contribution < 1.29 is 23.4 Å². The maximum absolute atomic E-state index is 15.2. The number of nitriles is 1. The summed E-state index contributed by atoms with van der Waals surface area (Å²) in [6.07, 6.45) is 0.101. The molecule has 0 unspecified atom stereocenters. The number of benzene rings is 1. The molecule has 0 saturated heterocycles. The van der Waals surface area contributed by atoms with Gasteiger partial charge in [0.1, 0.15) is 11.7 Å². The Bertz CT molecular complexity index is 1280. The number of aromatic nitrogens is 2. The molecule has 0 bridgehead atoms. The van der Waals surface area contributed by atoms with Crippen molar-refractivity contribution in [2.45, 2.75) is 45.8 Å². The van der Waals surface area contributed by atoms with Crippen LogP contribution >= 0.6 is 0 Å². The number of hydrogen-bond acceptors (Lipinski definition) is 9. The Kier molecular flexibility index (Phi) is 9.07. The predicted molar refractivity (Wildman–Crippen MR) is 142 cm³/mol.